The van der Waals surface area contributed by atoms with Crippen molar-refractivity contribution >= 4 is 40.1 Å². The van der Waals surface area contributed by atoms with Crippen LogP contribution in [0.25, 0.3) is 0 Å². The average molecular weight is 370 g/mol. The van der Waals surface area contributed by atoms with Crippen LogP contribution in [-0.2, 0) is 0 Å². The number of hydrogen-bond donors (Lipinski definition) is 0. The molecule has 0 aliphatic carbocycles. The van der Waals surface area contributed by atoms with E-state index in [9.17, 15) is 4.79 Å². The molecule has 1 aliphatic rings. The lowest BCUT2D eigenvalue weighted by Gasteiger charge is -2.28. The van der Waals surface area contributed by atoms with Crippen LogP contribution in [0.2, 0.25) is 5.02 Å². The molecule has 3 rings (SSSR count). The molecule has 2 aromatic carbocycles. The van der Waals surface area contributed by atoms with Crippen LogP contribution in [0, 0.1) is 18.3 Å². The van der Waals surface area contributed by atoms with Crippen molar-refractivity contribution in [3.8, 4) is 6.07 Å². The first-order chi connectivity index (χ1) is 12.1. The number of carbonyl (C=O) groups excluding carboxylic acids is 1. The summed E-state index contributed by atoms with van der Waals surface area (Å²) in [4.78, 5) is 19.2. The van der Waals surface area contributed by atoms with Crippen molar-refractivity contribution in [2.75, 3.05) is 12.3 Å². The van der Waals surface area contributed by atoms with E-state index in [4.69, 9.17) is 16.9 Å². The molecule has 1 aliphatic heterocycles. The Labute approximate surface area is 156 Å². The van der Waals surface area contributed by atoms with Gasteiger partial charge in [0.15, 0.2) is 5.17 Å². The number of amidine groups is 1. The molecular weight excluding hydrogens is 354 g/mol. The Morgan fingerprint density at radius 2 is 2.16 bits per heavy atom. The Morgan fingerprint density at radius 3 is 2.92 bits per heavy atom. The van der Waals surface area contributed by atoms with Crippen LogP contribution in [0.3, 0.4) is 0 Å². The maximum Gasteiger partial charge on any atom is 0.259 e. The van der Waals surface area contributed by atoms with Gasteiger partial charge in [-0.1, -0.05) is 35.5 Å². The van der Waals surface area contributed by atoms with Crippen LogP contribution >= 0.6 is 23.4 Å². The molecule has 0 saturated carbocycles. The number of benzene rings is 2. The Bertz CT molecular complexity index is 888. The first-order valence-corrected chi connectivity index (χ1v) is 9.24. The molecular formula is C19H16ClN3OS. The van der Waals surface area contributed by atoms with Crippen molar-refractivity contribution in [1.29, 1.82) is 5.26 Å². The summed E-state index contributed by atoms with van der Waals surface area (Å²) in [5, 5.41) is 10.4. The lowest BCUT2D eigenvalue weighted by molar-refractivity contribution is 0.0849. The van der Waals surface area contributed by atoms with Crippen molar-refractivity contribution in [2.45, 2.75) is 13.3 Å². The van der Waals surface area contributed by atoms with E-state index in [2.05, 4.69) is 11.1 Å². The standard InChI is InChI=1S/C19H16ClN3OS/c1-13-6-7-16(11-17(13)20)22-19-23(8-3-9-25-19)18(24)15-5-2-4-14(10-15)12-21/h2,4-7,10-11H,3,8-9H2,1H3. The van der Waals surface area contributed by atoms with E-state index >= 15 is 0 Å². The summed E-state index contributed by atoms with van der Waals surface area (Å²) >= 11 is 7.73. The molecule has 0 atom stereocenters. The molecule has 126 valence electrons. The number of aliphatic imine (C=N–C) groups is 1. The zero-order chi connectivity index (χ0) is 17.8. The smallest absolute Gasteiger partial charge is 0.259 e. The van der Waals surface area contributed by atoms with E-state index in [1.807, 2.05) is 19.1 Å². The molecule has 0 bridgehead atoms. The quantitative estimate of drug-likeness (QED) is 0.764. The Hall–Kier alpha value is -2.29. The van der Waals surface area contributed by atoms with Gasteiger partial charge in [-0.3, -0.25) is 9.69 Å². The van der Waals surface area contributed by atoms with Crippen molar-refractivity contribution < 1.29 is 4.79 Å². The fraction of sp³-hybridized carbons (Fsp3) is 0.211. The topological polar surface area (TPSA) is 56.5 Å². The largest absolute Gasteiger partial charge is 0.287 e. The lowest BCUT2D eigenvalue weighted by atomic mass is 10.1. The van der Waals surface area contributed by atoms with E-state index < -0.39 is 0 Å². The number of nitriles is 1. The zero-order valence-electron chi connectivity index (χ0n) is 13.7. The number of aryl methyl sites for hydroxylation is 1. The molecule has 0 spiro atoms. The normalized spacial score (nSPS) is 15.9. The molecule has 1 amide bonds. The second-order valence-corrected chi connectivity index (χ2v) is 7.15. The molecule has 0 unspecified atom stereocenters. The summed E-state index contributed by atoms with van der Waals surface area (Å²) in [5.74, 6) is 0.779. The highest BCUT2D eigenvalue weighted by Gasteiger charge is 2.25. The van der Waals surface area contributed by atoms with E-state index in [0.29, 0.717) is 27.9 Å². The van der Waals surface area contributed by atoms with Crippen molar-refractivity contribution in [3.63, 3.8) is 0 Å². The van der Waals surface area contributed by atoms with Crippen molar-refractivity contribution in [2.24, 2.45) is 4.99 Å². The van der Waals surface area contributed by atoms with Crippen LogP contribution < -0.4 is 0 Å². The highest BCUT2D eigenvalue weighted by molar-refractivity contribution is 8.13. The summed E-state index contributed by atoms with van der Waals surface area (Å²) in [7, 11) is 0. The maximum atomic E-state index is 12.9. The number of thioether (sulfide) groups is 1. The van der Waals surface area contributed by atoms with Gasteiger partial charge in [0, 0.05) is 22.9 Å². The maximum absolute atomic E-state index is 12.9. The average Bonchev–Trinajstić information content (AvgIpc) is 2.64. The van der Waals surface area contributed by atoms with Gasteiger partial charge in [0.25, 0.3) is 5.91 Å². The van der Waals surface area contributed by atoms with Crippen molar-refractivity contribution in [1.82, 2.24) is 4.90 Å². The van der Waals surface area contributed by atoms with Gasteiger partial charge in [-0.05, 0) is 49.2 Å². The molecule has 25 heavy (non-hydrogen) atoms. The summed E-state index contributed by atoms with van der Waals surface area (Å²) in [6.45, 7) is 2.55. The van der Waals surface area contributed by atoms with E-state index in [-0.39, 0.29) is 5.91 Å². The molecule has 1 saturated heterocycles. The fourth-order valence-corrected chi connectivity index (χ4v) is 3.61. The molecule has 6 heteroatoms. The van der Waals surface area contributed by atoms with Crippen LogP contribution in [0.15, 0.2) is 47.5 Å². The molecule has 1 fully saturated rings. The van der Waals surface area contributed by atoms with Gasteiger partial charge in [0.2, 0.25) is 0 Å². The summed E-state index contributed by atoms with van der Waals surface area (Å²) < 4.78 is 0. The number of nitrogens with zero attached hydrogens (tertiary/aromatic N) is 3. The van der Waals surface area contributed by atoms with Crippen LogP contribution in [0.5, 0.6) is 0 Å². The highest BCUT2D eigenvalue weighted by Crippen LogP contribution is 2.27. The van der Waals surface area contributed by atoms with Gasteiger partial charge in [0.1, 0.15) is 0 Å². The number of halogens is 1. The summed E-state index contributed by atoms with van der Waals surface area (Å²) in [5.41, 5.74) is 2.68. The van der Waals surface area contributed by atoms with Gasteiger partial charge >= 0.3 is 0 Å². The third-order valence-corrected chi connectivity index (χ3v) is 5.32. The number of rotatable bonds is 2. The molecule has 0 aromatic heterocycles. The van der Waals surface area contributed by atoms with Gasteiger partial charge in [-0.15, -0.1) is 0 Å². The predicted molar refractivity (Wildman–Crippen MR) is 103 cm³/mol. The van der Waals surface area contributed by atoms with E-state index in [1.165, 1.54) is 0 Å². The monoisotopic (exact) mass is 369 g/mol. The number of carbonyl (C=O) groups is 1. The molecule has 1 heterocycles. The van der Waals surface area contributed by atoms with Gasteiger partial charge in [0.05, 0.1) is 17.3 Å². The Kier molecular flexibility index (Phi) is 5.42. The van der Waals surface area contributed by atoms with Gasteiger partial charge < -0.3 is 0 Å². The van der Waals surface area contributed by atoms with Gasteiger partial charge in [-0.25, -0.2) is 4.99 Å². The van der Waals surface area contributed by atoms with Crippen LogP contribution in [0.4, 0.5) is 5.69 Å². The lowest BCUT2D eigenvalue weighted by Crippen LogP contribution is -2.39. The van der Waals surface area contributed by atoms with E-state index in [0.717, 1.165) is 23.4 Å². The zero-order valence-corrected chi connectivity index (χ0v) is 15.3. The SMILES string of the molecule is Cc1ccc(N=C2SCCCN2C(=O)c2cccc(C#N)c2)cc1Cl. The molecule has 4 nitrogen and oxygen atoms in total. The summed E-state index contributed by atoms with van der Waals surface area (Å²) in [6.07, 6.45) is 0.905. The molecule has 0 N–H and O–H groups in total. The number of hydrogen-bond acceptors (Lipinski definition) is 4. The Balaban J connectivity index is 1.92. The third kappa shape index (κ3) is 4.04. The van der Waals surface area contributed by atoms with Gasteiger partial charge in [-0.2, -0.15) is 5.26 Å². The minimum absolute atomic E-state index is 0.138. The van der Waals surface area contributed by atoms with Crippen LogP contribution in [-0.4, -0.2) is 28.3 Å². The third-order valence-electron chi connectivity index (χ3n) is 3.85. The highest BCUT2D eigenvalue weighted by atomic mass is 35.5. The second-order valence-electron chi connectivity index (χ2n) is 5.68. The summed E-state index contributed by atoms with van der Waals surface area (Å²) in [6, 6.07) is 14.4. The first kappa shape index (κ1) is 17.5. The molecule has 0 radical (unpaired) electrons. The number of amides is 1. The molecule has 2 aromatic rings. The minimum Gasteiger partial charge on any atom is -0.287 e. The Morgan fingerprint density at radius 1 is 1.32 bits per heavy atom. The second kappa shape index (κ2) is 7.73. The van der Waals surface area contributed by atoms with E-state index in [1.54, 1.807) is 47.0 Å². The first-order valence-electron chi connectivity index (χ1n) is 7.88. The predicted octanol–water partition coefficient (Wildman–Crippen LogP) is 4.79. The van der Waals surface area contributed by atoms with Crippen LogP contribution in [0.1, 0.15) is 27.9 Å². The fourth-order valence-electron chi connectivity index (χ4n) is 2.48. The minimum atomic E-state index is -0.138. The van der Waals surface area contributed by atoms with Crippen molar-refractivity contribution in [3.05, 3.63) is 64.2 Å².